The Bertz CT molecular complexity index is 498. The highest BCUT2D eigenvalue weighted by molar-refractivity contribution is 7.09. The van der Waals surface area contributed by atoms with E-state index >= 15 is 0 Å². The first kappa shape index (κ1) is 14.0. The molecule has 2 unspecified atom stereocenters. The summed E-state index contributed by atoms with van der Waals surface area (Å²) in [5, 5.41) is 5.61. The minimum atomic E-state index is -0.438. The van der Waals surface area contributed by atoms with Gasteiger partial charge in [-0.2, -0.15) is 0 Å². The van der Waals surface area contributed by atoms with Crippen molar-refractivity contribution in [1.82, 2.24) is 15.2 Å². The number of carbonyl (C=O) groups is 2. The van der Waals surface area contributed by atoms with Crippen molar-refractivity contribution in [2.45, 2.75) is 46.3 Å². The van der Waals surface area contributed by atoms with Gasteiger partial charge in [-0.3, -0.25) is 9.59 Å². The third kappa shape index (κ3) is 2.78. The Morgan fingerprint density at radius 2 is 2.16 bits per heavy atom. The molecule has 2 amide bonds. The largest absolute Gasteiger partial charge is 0.342 e. The molecule has 0 aliphatic carbocycles. The van der Waals surface area contributed by atoms with Gasteiger partial charge in [0.15, 0.2) is 0 Å². The fourth-order valence-electron chi connectivity index (χ4n) is 2.13. The van der Waals surface area contributed by atoms with Gasteiger partial charge in [0.2, 0.25) is 11.8 Å². The van der Waals surface area contributed by atoms with Crippen LogP contribution in [0.1, 0.15) is 31.5 Å². The lowest BCUT2D eigenvalue weighted by Crippen LogP contribution is -2.63. The Morgan fingerprint density at radius 3 is 2.68 bits per heavy atom. The molecule has 1 fully saturated rings. The number of carbonyl (C=O) groups excluding carboxylic acids is 2. The van der Waals surface area contributed by atoms with Gasteiger partial charge in [0.1, 0.15) is 17.1 Å². The van der Waals surface area contributed by atoms with E-state index in [0.717, 1.165) is 10.7 Å². The summed E-state index contributed by atoms with van der Waals surface area (Å²) in [6.07, 6.45) is 0. The number of aryl methyl sites for hydroxylation is 1. The summed E-state index contributed by atoms with van der Waals surface area (Å²) >= 11 is 1.52. The summed E-state index contributed by atoms with van der Waals surface area (Å²) in [5.41, 5.74) is 0.946. The van der Waals surface area contributed by atoms with Crippen molar-refractivity contribution in [3.8, 4) is 0 Å². The maximum Gasteiger partial charge on any atom is 0.246 e. The number of piperazine rings is 1. The van der Waals surface area contributed by atoms with Gasteiger partial charge in [-0.15, -0.1) is 11.3 Å². The molecule has 2 atom stereocenters. The van der Waals surface area contributed by atoms with E-state index in [4.69, 9.17) is 0 Å². The first-order chi connectivity index (χ1) is 8.90. The van der Waals surface area contributed by atoms with E-state index in [9.17, 15) is 9.59 Å². The number of aromatic nitrogens is 1. The van der Waals surface area contributed by atoms with Gasteiger partial charge in [-0.25, -0.2) is 4.98 Å². The summed E-state index contributed by atoms with van der Waals surface area (Å²) in [6, 6.07) is -0.864. The second-order valence-electron chi connectivity index (χ2n) is 5.26. The van der Waals surface area contributed by atoms with E-state index in [1.165, 1.54) is 11.3 Å². The topological polar surface area (TPSA) is 62.3 Å². The fourth-order valence-corrected chi connectivity index (χ4v) is 2.90. The van der Waals surface area contributed by atoms with Crippen LogP contribution in [-0.2, 0) is 16.1 Å². The Kier molecular flexibility index (Phi) is 3.89. The van der Waals surface area contributed by atoms with Crippen molar-refractivity contribution < 1.29 is 9.59 Å². The van der Waals surface area contributed by atoms with Crippen LogP contribution in [0.5, 0.6) is 0 Å². The molecule has 0 aromatic carbocycles. The van der Waals surface area contributed by atoms with Gasteiger partial charge in [0.25, 0.3) is 0 Å². The minimum absolute atomic E-state index is 0.0186. The van der Waals surface area contributed by atoms with Crippen LogP contribution in [0, 0.1) is 12.8 Å². The number of hydrogen-bond donors (Lipinski definition) is 1. The molecule has 1 aliphatic rings. The molecule has 1 aromatic heterocycles. The monoisotopic (exact) mass is 281 g/mol. The highest BCUT2D eigenvalue weighted by Crippen LogP contribution is 2.19. The average Bonchev–Trinajstić information content (AvgIpc) is 2.74. The number of rotatable bonds is 3. The zero-order chi connectivity index (χ0) is 14.2. The molecule has 0 radical (unpaired) electrons. The number of nitrogens with zero attached hydrogens (tertiary/aromatic N) is 2. The number of amides is 2. The number of nitrogens with one attached hydrogen (secondary N) is 1. The van der Waals surface area contributed by atoms with E-state index in [1.807, 2.05) is 26.2 Å². The predicted molar refractivity (Wildman–Crippen MR) is 73.6 cm³/mol. The molecule has 1 saturated heterocycles. The predicted octanol–water partition coefficient (Wildman–Crippen LogP) is 1.32. The zero-order valence-electron chi connectivity index (χ0n) is 11.6. The standard InChI is InChI=1S/C13H19N3O2S/c1-7(2)11-13(18)16(9(4)12(17)15-11)5-10-14-8(3)6-19-10/h6-7,9,11H,5H2,1-4H3,(H,15,17). The maximum absolute atomic E-state index is 12.4. The smallest absolute Gasteiger partial charge is 0.246 e. The van der Waals surface area contributed by atoms with Gasteiger partial charge in [-0.05, 0) is 19.8 Å². The summed E-state index contributed by atoms with van der Waals surface area (Å²) < 4.78 is 0. The summed E-state index contributed by atoms with van der Waals surface area (Å²) in [7, 11) is 0. The second kappa shape index (κ2) is 5.28. The first-order valence-corrected chi connectivity index (χ1v) is 7.30. The molecule has 1 aliphatic heterocycles. The van der Waals surface area contributed by atoms with Gasteiger partial charge in [0, 0.05) is 11.1 Å². The molecular formula is C13H19N3O2S. The highest BCUT2D eigenvalue weighted by atomic mass is 32.1. The maximum atomic E-state index is 12.4. The van der Waals surface area contributed by atoms with E-state index in [0.29, 0.717) is 6.54 Å². The Balaban J connectivity index is 2.20. The second-order valence-corrected chi connectivity index (χ2v) is 6.20. The molecule has 0 spiro atoms. The van der Waals surface area contributed by atoms with Crippen molar-refractivity contribution in [2.75, 3.05) is 0 Å². The third-order valence-corrected chi connectivity index (χ3v) is 4.28. The van der Waals surface area contributed by atoms with Gasteiger partial charge < -0.3 is 10.2 Å². The molecule has 1 N–H and O–H groups in total. The molecule has 1 aromatic rings. The van der Waals surface area contributed by atoms with Gasteiger partial charge in [0.05, 0.1) is 6.54 Å². The fraction of sp³-hybridized carbons (Fsp3) is 0.615. The summed E-state index contributed by atoms with van der Waals surface area (Å²) in [4.78, 5) is 30.3. The first-order valence-electron chi connectivity index (χ1n) is 6.42. The van der Waals surface area contributed by atoms with Crippen LogP contribution in [0.3, 0.4) is 0 Å². The minimum Gasteiger partial charge on any atom is -0.342 e. The van der Waals surface area contributed by atoms with Crippen LogP contribution >= 0.6 is 11.3 Å². The third-order valence-electron chi connectivity index (χ3n) is 3.33. The molecule has 6 heteroatoms. The van der Waals surface area contributed by atoms with E-state index in [1.54, 1.807) is 11.8 Å². The van der Waals surface area contributed by atoms with Crippen LogP contribution in [0.25, 0.3) is 0 Å². The highest BCUT2D eigenvalue weighted by Gasteiger charge is 2.39. The average molecular weight is 281 g/mol. The molecule has 19 heavy (non-hydrogen) atoms. The quantitative estimate of drug-likeness (QED) is 0.909. The molecule has 0 bridgehead atoms. The van der Waals surface area contributed by atoms with Crippen LogP contribution in [-0.4, -0.2) is 33.8 Å². The van der Waals surface area contributed by atoms with Crippen molar-refractivity contribution in [2.24, 2.45) is 5.92 Å². The number of hydrogen-bond acceptors (Lipinski definition) is 4. The number of thiazole rings is 1. The SMILES string of the molecule is Cc1csc(CN2C(=O)C(C(C)C)NC(=O)C2C)n1. The molecule has 2 heterocycles. The van der Waals surface area contributed by atoms with Crippen LogP contribution in [0.2, 0.25) is 0 Å². The summed E-state index contributed by atoms with van der Waals surface area (Å²) in [5.74, 6) is -0.0222. The zero-order valence-corrected chi connectivity index (χ0v) is 12.5. The molecule has 5 nitrogen and oxygen atoms in total. The Morgan fingerprint density at radius 1 is 1.47 bits per heavy atom. The van der Waals surface area contributed by atoms with Gasteiger partial charge in [-0.1, -0.05) is 13.8 Å². The molecule has 104 valence electrons. The molecule has 0 saturated carbocycles. The Hall–Kier alpha value is -1.43. The van der Waals surface area contributed by atoms with Crippen molar-refractivity contribution in [3.05, 3.63) is 16.1 Å². The lowest BCUT2D eigenvalue weighted by molar-refractivity contribution is -0.150. The van der Waals surface area contributed by atoms with Crippen LogP contribution in [0.4, 0.5) is 0 Å². The molecule has 2 rings (SSSR count). The van der Waals surface area contributed by atoms with Crippen molar-refractivity contribution in [3.63, 3.8) is 0 Å². The molecular weight excluding hydrogens is 262 g/mol. The lowest BCUT2D eigenvalue weighted by atomic mass is 9.98. The van der Waals surface area contributed by atoms with E-state index in [-0.39, 0.29) is 17.7 Å². The normalized spacial score (nSPS) is 23.9. The van der Waals surface area contributed by atoms with Crippen molar-refractivity contribution >= 4 is 23.2 Å². The van der Waals surface area contributed by atoms with E-state index < -0.39 is 12.1 Å². The van der Waals surface area contributed by atoms with Gasteiger partial charge >= 0.3 is 0 Å². The van der Waals surface area contributed by atoms with Crippen molar-refractivity contribution in [1.29, 1.82) is 0 Å². The van der Waals surface area contributed by atoms with Crippen LogP contribution in [0.15, 0.2) is 5.38 Å². The van der Waals surface area contributed by atoms with Crippen LogP contribution < -0.4 is 5.32 Å². The van der Waals surface area contributed by atoms with E-state index in [2.05, 4.69) is 10.3 Å². The lowest BCUT2D eigenvalue weighted by Gasteiger charge is -2.38. The summed E-state index contributed by atoms with van der Waals surface area (Å²) in [6.45, 7) is 7.96. The Labute approximate surface area is 117 Å².